The molecule has 0 radical (unpaired) electrons. The Labute approximate surface area is 80.7 Å². The summed E-state index contributed by atoms with van der Waals surface area (Å²) in [5.74, 6) is 0.659. The molecule has 0 aromatic rings. The minimum atomic E-state index is 0.477. The highest BCUT2D eigenvalue weighted by Gasteiger charge is 2.13. The topological polar surface area (TPSA) is 39.1 Å². The molecule has 3 heteroatoms. The molecule has 1 heterocycles. The molecule has 0 aromatic carbocycles. The molecule has 1 saturated heterocycles. The largest absolute Gasteiger partial charge is 0.304 e. The highest BCUT2D eigenvalue weighted by molar-refractivity contribution is 4.75. The quantitative estimate of drug-likeness (QED) is 0.504. The van der Waals surface area contributed by atoms with Crippen molar-refractivity contribution in [2.75, 3.05) is 32.7 Å². The second-order valence-electron chi connectivity index (χ2n) is 3.90. The Morgan fingerprint density at radius 2 is 2.15 bits per heavy atom. The zero-order valence-corrected chi connectivity index (χ0v) is 8.42. The maximum absolute atomic E-state index is 8.34. The van der Waals surface area contributed by atoms with Crippen molar-refractivity contribution >= 4 is 0 Å². The van der Waals surface area contributed by atoms with E-state index in [0.29, 0.717) is 12.5 Å². The number of hydrogen-bond acceptors (Lipinski definition) is 3. The van der Waals surface area contributed by atoms with E-state index in [1.54, 1.807) is 0 Å². The Hall–Kier alpha value is -0.590. The van der Waals surface area contributed by atoms with Crippen LogP contribution in [0.5, 0.6) is 0 Å². The summed E-state index contributed by atoms with van der Waals surface area (Å²) in [7, 11) is 0. The first-order chi connectivity index (χ1) is 6.33. The molecule has 1 N–H and O–H groups in total. The van der Waals surface area contributed by atoms with Gasteiger partial charge in [0.2, 0.25) is 0 Å². The first-order valence-electron chi connectivity index (χ1n) is 5.13. The number of likely N-dealkylation sites (tertiary alicyclic amines) is 1. The van der Waals surface area contributed by atoms with Crippen LogP contribution < -0.4 is 5.32 Å². The molecule has 1 unspecified atom stereocenters. The van der Waals surface area contributed by atoms with Gasteiger partial charge in [0.1, 0.15) is 0 Å². The Kier molecular flexibility index (Phi) is 4.81. The van der Waals surface area contributed by atoms with Crippen LogP contribution in [0.3, 0.4) is 0 Å². The molecule has 3 nitrogen and oxygen atoms in total. The van der Waals surface area contributed by atoms with Gasteiger partial charge >= 0.3 is 0 Å². The summed E-state index contributed by atoms with van der Waals surface area (Å²) in [6.07, 6.45) is 2.72. The van der Waals surface area contributed by atoms with Crippen molar-refractivity contribution in [3.63, 3.8) is 0 Å². The fourth-order valence-electron chi connectivity index (χ4n) is 1.84. The lowest BCUT2D eigenvalue weighted by Crippen LogP contribution is -2.31. The third kappa shape index (κ3) is 4.25. The molecule has 0 amide bonds. The van der Waals surface area contributed by atoms with E-state index in [4.69, 9.17) is 5.26 Å². The van der Waals surface area contributed by atoms with Gasteiger partial charge < -0.3 is 10.2 Å². The smallest absolute Gasteiger partial charge is 0.0841 e. The second-order valence-corrected chi connectivity index (χ2v) is 3.90. The van der Waals surface area contributed by atoms with Crippen molar-refractivity contribution < 1.29 is 0 Å². The van der Waals surface area contributed by atoms with Gasteiger partial charge in [-0.1, -0.05) is 6.92 Å². The maximum Gasteiger partial charge on any atom is 0.0841 e. The van der Waals surface area contributed by atoms with E-state index in [1.807, 2.05) is 0 Å². The number of rotatable bonds is 5. The highest BCUT2D eigenvalue weighted by atomic mass is 15.1. The Bertz CT molecular complexity index is 167. The average molecular weight is 181 g/mol. The fraction of sp³-hybridized carbons (Fsp3) is 0.900. The lowest BCUT2D eigenvalue weighted by molar-refractivity contribution is 0.284. The van der Waals surface area contributed by atoms with Crippen LogP contribution in [0.4, 0.5) is 0 Å². The molecule has 1 aliphatic heterocycles. The summed E-state index contributed by atoms with van der Waals surface area (Å²) in [4.78, 5) is 2.51. The van der Waals surface area contributed by atoms with Gasteiger partial charge in [-0.05, 0) is 38.4 Å². The van der Waals surface area contributed by atoms with Crippen molar-refractivity contribution in [1.82, 2.24) is 10.2 Å². The van der Waals surface area contributed by atoms with Crippen LogP contribution >= 0.6 is 0 Å². The lowest BCUT2D eigenvalue weighted by atomic mass is 10.1. The van der Waals surface area contributed by atoms with Gasteiger partial charge in [0, 0.05) is 6.54 Å². The van der Waals surface area contributed by atoms with Gasteiger partial charge in [-0.25, -0.2) is 0 Å². The average Bonchev–Trinajstić information content (AvgIpc) is 2.57. The van der Waals surface area contributed by atoms with E-state index < -0.39 is 0 Å². The van der Waals surface area contributed by atoms with E-state index in [1.165, 1.54) is 32.5 Å². The molecule has 74 valence electrons. The molecule has 0 bridgehead atoms. The molecule has 1 aliphatic rings. The van der Waals surface area contributed by atoms with Gasteiger partial charge in [-0.15, -0.1) is 0 Å². The normalized spacial score (nSPS) is 20.0. The summed E-state index contributed by atoms with van der Waals surface area (Å²) < 4.78 is 0. The van der Waals surface area contributed by atoms with Gasteiger partial charge in [0.25, 0.3) is 0 Å². The van der Waals surface area contributed by atoms with Crippen LogP contribution in [0.2, 0.25) is 0 Å². The summed E-state index contributed by atoms with van der Waals surface area (Å²) in [6.45, 7) is 7.39. The third-order valence-electron chi connectivity index (χ3n) is 2.47. The first-order valence-corrected chi connectivity index (χ1v) is 5.13. The number of nitriles is 1. The molecule has 0 aromatic heterocycles. The molecule has 1 atom stereocenters. The predicted molar refractivity (Wildman–Crippen MR) is 53.3 cm³/mol. The molecule has 0 spiro atoms. The first kappa shape index (κ1) is 10.5. The molecular formula is C10H19N3. The Morgan fingerprint density at radius 1 is 1.46 bits per heavy atom. The predicted octanol–water partition coefficient (Wildman–Crippen LogP) is 0.831. The minimum absolute atomic E-state index is 0.477. The standard InChI is InChI=1S/C10H19N3/c1-10(8-12-5-4-11)9-13-6-2-3-7-13/h10,12H,2-3,5-9H2,1H3. The number of nitrogens with one attached hydrogen (secondary N) is 1. The summed E-state index contributed by atoms with van der Waals surface area (Å²) in [5, 5.41) is 11.5. The van der Waals surface area contributed by atoms with Crippen LogP contribution in [0.15, 0.2) is 0 Å². The van der Waals surface area contributed by atoms with Crippen molar-refractivity contribution in [3.8, 4) is 6.07 Å². The second kappa shape index (κ2) is 5.95. The summed E-state index contributed by atoms with van der Waals surface area (Å²) >= 11 is 0. The van der Waals surface area contributed by atoms with Crippen molar-refractivity contribution in [3.05, 3.63) is 0 Å². The van der Waals surface area contributed by atoms with Crippen molar-refractivity contribution in [2.24, 2.45) is 5.92 Å². The van der Waals surface area contributed by atoms with Crippen LogP contribution in [0.1, 0.15) is 19.8 Å². The van der Waals surface area contributed by atoms with Gasteiger partial charge in [0.15, 0.2) is 0 Å². The molecule has 13 heavy (non-hydrogen) atoms. The van der Waals surface area contributed by atoms with Gasteiger partial charge in [-0.2, -0.15) is 5.26 Å². The van der Waals surface area contributed by atoms with Crippen LogP contribution in [0.25, 0.3) is 0 Å². The number of nitrogens with zero attached hydrogens (tertiary/aromatic N) is 2. The third-order valence-corrected chi connectivity index (χ3v) is 2.47. The molecule has 1 fully saturated rings. The van der Waals surface area contributed by atoms with E-state index >= 15 is 0 Å². The van der Waals surface area contributed by atoms with Crippen molar-refractivity contribution in [2.45, 2.75) is 19.8 Å². The molecule has 1 rings (SSSR count). The highest BCUT2D eigenvalue weighted by Crippen LogP contribution is 2.09. The monoisotopic (exact) mass is 181 g/mol. The van der Waals surface area contributed by atoms with Gasteiger partial charge in [0.05, 0.1) is 12.6 Å². The Morgan fingerprint density at radius 3 is 2.77 bits per heavy atom. The minimum Gasteiger partial charge on any atom is -0.304 e. The molecule has 0 saturated carbocycles. The molecular weight excluding hydrogens is 162 g/mol. The van der Waals surface area contributed by atoms with E-state index in [9.17, 15) is 0 Å². The molecule has 0 aliphatic carbocycles. The maximum atomic E-state index is 8.34. The van der Waals surface area contributed by atoms with E-state index in [-0.39, 0.29) is 0 Å². The van der Waals surface area contributed by atoms with Crippen molar-refractivity contribution in [1.29, 1.82) is 5.26 Å². The number of hydrogen-bond donors (Lipinski definition) is 1. The van der Waals surface area contributed by atoms with Gasteiger partial charge in [-0.3, -0.25) is 0 Å². The van der Waals surface area contributed by atoms with E-state index in [2.05, 4.69) is 23.2 Å². The Balaban J connectivity index is 2.03. The fourth-order valence-corrected chi connectivity index (χ4v) is 1.84. The van der Waals surface area contributed by atoms with Crippen LogP contribution in [0, 0.1) is 17.2 Å². The summed E-state index contributed by atoms with van der Waals surface area (Å²) in [6, 6.07) is 2.09. The lowest BCUT2D eigenvalue weighted by Gasteiger charge is -2.19. The van der Waals surface area contributed by atoms with Crippen LogP contribution in [-0.2, 0) is 0 Å². The SMILES string of the molecule is CC(CNCC#N)CN1CCCC1. The summed E-state index contributed by atoms with van der Waals surface area (Å²) in [5.41, 5.74) is 0. The zero-order chi connectivity index (χ0) is 9.52. The van der Waals surface area contributed by atoms with Crippen LogP contribution in [-0.4, -0.2) is 37.6 Å². The van der Waals surface area contributed by atoms with E-state index in [0.717, 1.165) is 6.54 Å². The zero-order valence-electron chi connectivity index (χ0n) is 8.42.